The third kappa shape index (κ3) is 1.83. The third-order valence-corrected chi connectivity index (χ3v) is 2.47. The summed E-state index contributed by atoms with van der Waals surface area (Å²) in [6, 6.07) is 1.69. The van der Waals surface area contributed by atoms with Gasteiger partial charge in [0, 0.05) is 0 Å². The SMILES string of the molecule is Cc1cc(C)c(C(=O)O)c(C(=O)O)c1C. The van der Waals surface area contributed by atoms with Crippen LogP contribution in [0.2, 0.25) is 0 Å². The fourth-order valence-corrected chi connectivity index (χ4v) is 1.63. The largest absolute Gasteiger partial charge is 0.478 e. The third-order valence-electron chi connectivity index (χ3n) is 2.47. The monoisotopic (exact) mass is 208 g/mol. The first kappa shape index (κ1) is 11.2. The topological polar surface area (TPSA) is 74.6 Å². The molecule has 0 aromatic heterocycles. The maximum absolute atomic E-state index is 11.0. The van der Waals surface area contributed by atoms with Crippen molar-refractivity contribution < 1.29 is 19.8 Å². The Balaban J connectivity index is 3.69. The van der Waals surface area contributed by atoms with Crippen molar-refractivity contribution in [3.05, 3.63) is 33.9 Å². The summed E-state index contributed by atoms with van der Waals surface area (Å²) in [6.45, 7) is 4.98. The molecule has 80 valence electrons. The molecule has 0 aliphatic rings. The van der Waals surface area contributed by atoms with Gasteiger partial charge in [-0.15, -0.1) is 0 Å². The highest BCUT2D eigenvalue weighted by atomic mass is 16.4. The van der Waals surface area contributed by atoms with E-state index >= 15 is 0 Å². The maximum atomic E-state index is 11.0. The summed E-state index contributed by atoms with van der Waals surface area (Å²) >= 11 is 0. The average molecular weight is 208 g/mol. The Morgan fingerprint density at radius 2 is 1.40 bits per heavy atom. The van der Waals surface area contributed by atoms with E-state index in [-0.39, 0.29) is 11.1 Å². The van der Waals surface area contributed by atoms with Gasteiger partial charge < -0.3 is 10.2 Å². The van der Waals surface area contributed by atoms with Crippen LogP contribution in [0.5, 0.6) is 0 Å². The Hall–Kier alpha value is -1.84. The lowest BCUT2D eigenvalue weighted by molar-refractivity contribution is 0.0650. The van der Waals surface area contributed by atoms with Crippen molar-refractivity contribution in [2.45, 2.75) is 20.8 Å². The van der Waals surface area contributed by atoms with Crippen LogP contribution >= 0.6 is 0 Å². The zero-order valence-electron chi connectivity index (χ0n) is 8.79. The fraction of sp³-hybridized carbons (Fsp3) is 0.273. The quantitative estimate of drug-likeness (QED) is 0.779. The molecular weight excluding hydrogens is 196 g/mol. The van der Waals surface area contributed by atoms with Crippen molar-refractivity contribution >= 4 is 11.9 Å². The number of carboxylic acids is 2. The van der Waals surface area contributed by atoms with Gasteiger partial charge in [-0.3, -0.25) is 0 Å². The number of hydrogen-bond acceptors (Lipinski definition) is 2. The Bertz CT molecular complexity index is 446. The van der Waals surface area contributed by atoms with Gasteiger partial charge in [-0.05, 0) is 37.5 Å². The summed E-state index contributed by atoms with van der Waals surface area (Å²) in [5.74, 6) is -2.40. The molecule has 4 heteroatoms. The molecule has 0 amide bonds. The van der Waals surface area contributed by atoms with Crippen LogP contribution < -0.4 is 0 Å². The number of rotatable bonds is 2. The molecule has 0 unspecified atom stereocenters. The van der Waals surface area contributed by atoms with Crippen molar-refractivity contribution in [2.75, 3.05) is 0 Å². The molecule has 2 N–H and O–H groups in total. The van der Waals surface area contributed by atoms with E-state index in [9.17, 15) is 9.59 Å². The predicted molar refractivity (Wildman–Crippen MR) is 54.6 cm³/mol. The van der Waals surface area contributed by atoms with Crippen molar-refractivity contribution in [1.82, 2.24) is 0 Å². The molecule has 0 spiro atoms. The average Bonchev–Trinajstić information content (AvgIpc) is 2.09. The molecule has 0 fully saturated rings. The highest BCUT2D eigenvalue weighted by molar-refractivity contribution is 6.04. The van der Waals surface area contributed by atoms with Crippen LogP contribution in [0.3, 0.4) is 0 Å². The van der Waals surface area contributed by atoms with Gasteiger partial charge in [-0.25, -0.2) is 9.59 Å². The van der Waals surface area contributed by atoms with E-state index < -0.39 is 11.9 Å². The minimum Gasteiger partial charge on any atom is -0.478 e. The lowest BCUT2D eigenvalue weighted by Crippen LogP contribution is -2.13. The number of aryl methyl sites for hydroxylation is 2. The first-order valence-electron chi connectivity index (χ1n) is 4.43. The molecule has 0 atom stereocenters. The van der Waals surface area contributed by atoms with Crippen LogP contribution in [0, 0.1) is 20.8 Å². The van der Waals surface area contributed by atoms with Crippen molar-refractivity contribution in [2.24, 2.45) is 0 Å². The van der Waals surface area contributed by atoms with Gasteiger partial charge in [-0.2, -0.15) is 0 Å². The second-order valence-electron chi connectivity index (χ2n) is 3.50. The van der Waals surface area contributed by atoms with Crippen molar-refractivity contribution in [3.8, 4) is 0 Å². The summed E-state index contributed by atoms with van der Waals surface area (Å²) in [7, 11) is 0. The minimum absolute atomic E-state index is 0.111. The normalized spacial score (nSPS) is 10.1. The first-order valence-corrected chi connectivity index (χ1v) is 4.43. The lowest BCUT2D eigenvalue weighted by atomic mass is 9.93. The highest BCUT2D eigenvalue weighted by Gasteiger charge is 2.21. The van der Waals surface area contributed by atoms with Crippen molar-refractivity contribution in [1.29, 1.82) is 0 Å². The van der Waals surface area contributed by atoms with Crippen LogP contribution in [0.15, 0.2) is 6.07 Å². The van der Waals surface area contributed by atoms with Crippen LogP contribution in [0.4, 0.5) is 0 Å². The van der Waals surface area contributed by atoms with Crippen LogP contribution in [-0.4, -0.2) is 22.2 Å². The Morgan fingerprint density at radius 3 is 1.80 bits per heavy atom. The predicted octanol–water partition coefficient (Wildman–Crippen LogP) is 2.01. The molecule has 1 rings (SSSR count). The second kappa shape index (κ2) is 3.73. The van der Waals surface area contributed by atoms with Gasteiger partial charge in [0.05, 0.1) is 11.1 Å². The molecule has 15 heavy (non-hydrogen) atoms. The van der Waals surface area contributed by atoms with E-state index in [1.807, 2.05) is 0 Å². The summed E-state index contributed by atoms with van der Waals surface area (Å²) < 4.78 is 0. The molecule has 0 saturated heterocycles. The number of carboxylic acid groups (broad SMARTS) is 2. The summed E-state index contributed by atoms with van der Waals surface area (Å²) in [5, 5.41) is 17.9. The Labute approximate surface area is 87.2 Å². The van der Waals surface area contributed by atoms with Gasteiger partial charge in [0.2, 0.25) is 0 Å². The smallest absolute Gasteiger partial charge is 0.336 e. The fourth-order valence-electron chi connectivity index (χ4n) is 1.63. The van der Waals surface area contributed by atoms with Gasteiger partial charge >= 0.3 is 11.9 Å². The summed E-state index contributed by atoms with van der Waals surface area (Å²) in [6.07, 6.45) is 0. The van der Waals surface area contributed by atoms with Gasteiger partial charge in [0.25, 0.3) is 0 Å². The van der Waals surface area contributed by atoms with Crippen LogP contribution in [0.25, 0.3) is 0 Å². The van der Waals surface area contributed by atoms with E-state index in [1.165, 1.54) is 0 Å². The number of carbonyl (C=O) groups is 2. The number of hydrogen-bond donors (Lipinski definition) is 2. The zero-order valence-corrected chi connectivity index (χ0v) is 8.79. The Kier molecular flexibility index (Phi) is 2.79. The molecule has 0 aliphatic heterocycles. The standard InChI is InChI=1S/C11H12O4/c1-5-4-6(2)8(10(12)13)9(7(5)3)11(14)15/h4H,1-3H3,(H,12,13)(H,14,15). The maximum Gasteiger partial charge on any atom is 0.336 e. The van der Waals surface area contributed by atoms with E-state index in [1.54, 1.807) is 26.8 Å². The van der Waals surface area contributed by atoms with E-state index in [0.717, 1.165) is 5.56 Å². The van der Waals surface area contributed by atoms with Gasteiger partial charge in [0.15, 0.2) is 0 Å². The molecule has 0 bridgehead atoms. The molecule has 1 aromatic rings. The highest BCUT2D eigenvalue weighted by Crippen LogP contribution is 2.22. The van der Waals surface area contributed by atoms with Gasteiger partial charge in [0.1, 0.15) is 0 Å². The molecule has 0 heterocycles. The van der Waals surface area contributed by atoms with Crippen molar-refractivity contribution in [3.63, 3.8) is 0 Å². The number of benzene rings is 1. The van der Waals surface area contributed by atoms with E-state index in [4.69, 9.17) is 10.2 Å². The first-order chi connectivity index (χ1) is 6.86. The van der Waals surface area contributed by atoms with Crippen LogP contribution in [-0.2, 0) is 0 Å². The summed E-state index contributed by atoms with van der Waals surface area (Å²) in [4.78, 5) is 21.9. The molecule has 4 nitrogen and oxygen atoms in total. The minimum atomic E-state index is -1.20. The lowest BCUT2D eigenvalue weighted by Gasteiger charge is -2.11. The van der Waals surface area contributed by atoms with E-state index in [0.29, 0.717) is 11.1 Å². The molecule has 0 radical (unpaired) electrons. The molecule has 1 aromatic carbocycles. The van der Waals surface area contributed by atoms with E-state index in [2.05, 4.69) is 0 Å². The summed E-state index contributed by atoms with van der Waals surface area (Å²) in [5.41, 5.74) is 1.54. The number of aromatic carboxylic acids is 2. The molecule has 0 aliphatic carbocycles. The zero-order chi connectivity index (χ0) is 11.7. The Morgan fingerprint density at radius 1 is 0.933 bits per heavy atom. The van der Waals surface area contributed by atoms with Gasteiger partial charge in [-0.1, -0.05) is 6.07 Å². The molecular formula is C11H12O4. The van der Waals surface area contributed by atoms with Crippen LogP contribution in [0.1, 0.15) is 37.4 Å². The second-order valence-corrected chi connectivity index (χ2v) is 3.50. The molecule has 0 saturated carbocycles.